The first-order chi connectivity index (χ1) is 9.96. The topological polar surface area (TPSA) is 72.9 Å². The molecule has 2 aromatic heterocycles. The molecule has 0 aliphatic carbocycles. The van der Waals surface area contributed by atoms with Gasteiger partial charge in [-0.3, -0.25) is 14.2 Å². The van der Waals surface area contributed by atoms with E-state index in [0.29, 0.717) is 5.56 Å². The van der Waals surface area contributed by atoms with Crippen LogP contribution in [-0.4, -0.2) is 54.0 Å². The molecule has 2 rings (SSSR count). The fourth-order valence-corrected chi connectivity index (χ4v) is 2.88. The van der Waals surface area contributed by atoms with E-state index in [-0.39, 0.29) is 47.5 Å². The van der Waals surface area contributed by atoms with Crippen LogP contribution in [0, 0.1) is 7.43 Å². The van der Waals surface area contributed by atoms with Gasteiger partial charge in [0.05, 0.1) is 24.1 Å². The molecule has 0 aliphatic rings. The minimum atomic E-state index is -0.454. The van der Waals surface area contributed by atoms with E-state index in [9.17, 15) is 9.90 Å². The minimum Gasteiger partial charge on any atom is -1.00 e. The van der Waals surface area contributed by atoms with Gasteiger partial charge in [0.25, 0.3) is 0 Å². The van der Waals surface area contributed by atoms with Crippen molar-refractivity contribution in [3.63, 3.8) is 0 Å². The van der Waals surface area contributed by atoms with Gasteiger partial charge in [0.15, 0.2) is 6.29 Å². The molecular formula is C14H21Br3MgN4O2. The summed E-state index contributed by atoms with van der Waals surface area (Å²) in [6.45, 7) is 7.28. The van der Waals surface area contributed by atoms with Crippen molar-refractivity contribution >= 4 is 61.2 Å². The number of aliphatic hydroxyl groups excluding tert-OH is 1. The molecule has 0 bridgehead atoms. The summed E-state index contributed by atoms with van der Waals surface area (Å²) in [6, 6.07) is 0. The monoisotopic (exact) mass is 538 g/mol. The molecule has 0 saturated carbocycles. The standard InChI is InChI=1S/C7H11BrN2O.C6H7BrN2O.CH3.BrH.Mg/c1-3-10-7(8)6(4-9-10)5(2)11;1-2-9-6(7)5(4-10)3-8-9;;;/h4-5,11H,3H2,1-2H3;3-4H,2H2,1H3;1H3;1H;/q;;-1;;+2/p-1. The molecule has 0 saturated heterocycles. The van der Waals surface area contributed by atoms with Crippen LogP contribution in [0.2, 0.25) is 0 Å². The number of carbonyl (C=O) groups excluding carboxylic acids is 1. The maximum absolute atomic E-state index is 10.3. The third-order valence-electron chi connectivity index (χ3n) is 2.78. The maximum atomic E-state index is 10.3. The van der Waals surface area contributed by atoms with Gasteiger partial charge in [0, 0.05) is 18.7 Å². The van der Waals surface area contributed by atoms with Crippen molar-refractivity contribution in [2.75, 3.05) is 0 Å². The molecule has 132 valence electrons. The largest absolute Gasteiger partial charge is 2.00 e. The number of aliphatic hydroxyl groups is 1. The summed E-state index contributed by atoms with van der Waals surface area (Å²) in [4.78, 5) is 10.3. The first-order valence-corrected chi connectivity index (χ1v) is 8.10. The molecule has 1 unspecified atom stereocenters. The van der Waals surface area contributed by atoms with E-state index in [1.54, 1.807) is 28.7 Å². The van der Waals surface area contributed by atoms with Crippen LogP contribution in [0.15, 0.2) is 21.6 Å². The van der Waals surface area contributed by atoms with Crippen molar-refractivity contribution in [3.05, 3.63) is 40.2 Å². The zero-order valence-corrected chi connectivity index (χ0v) is 20.4. The summed E-state index contributed by atoms with van der Waals surface area (Å²) in [5, 5.41) is 17.2. The zero-order chi connectivity index (χ0) is 16.0. The predicted octanol–water partition coefficient (Wildman–Crippen LogP) is 0.270. The van der Waals surface area contributed by atoms with Gasteiger partial charge in [-0.05, 0) is 52.6 Å². The molecule has 0 amide bonds. The molecule has 1 N–H and O–H groups in total. The van der Waals surface area contributed by atoms with Gasteiger partial charge in [0.1, 0.15) is 9.21 Å². The van der Waals surface area contributed by atoms with Crippen molar-refractivity contribution in [3.8, 4) is 0 Å². The average Bonchev–Trinajstić information content (AvgIpc) is 3.01. The van der Waals surface area contributed by atoms with Crippen molar-refractivity contribution < 1.29 is 26.9 Å². The summed E-state index contributed by atoms with van der Waals surface area (Å²) in [6.07, 6.45) is 3.55. The van der Waals surface area contributed by atoms with Gasteiger partial charge in [-0.15, -0.1) is 0 Å². The van der Waals surface area contributed by atoms with Crippen LogP contribution in [0.5, 0.6) is 0 Å². The van der Waals surface area contributed by atoms with E-state index in [4.69, 9.17) is 0 Å². The average molecular weight is 541 g/mol. The van der Waals surface area contributed by atoms with Crippen molar-refractivity contribution in [1.29, 1.82) is 0 Å². The Morgan fingerprint density at radius 1 is 1.17 bits per heavy atom. The summed E-state index contributed by atoms with van der Waals surface area (Å²) < 4.78 is 5.13. The first-order valence-electron chi connectivity index (χ1n) is 6.51. The third-order valence-corrected chi connectivity index (χ3v) is 4.51. The van der Waals surface area contributed by atoms with Crippen LogP contribution < -0.4 is 17.0 Å². The number of rotatable bonds is 4. The van der Waals surface area contributed by atoms with Gasteiger partial charge in [0.2, 0.25) is 0 Å². The number of hydrogen-bond donors (Lipinski definition) is 1. The Morgan fingerprint density at radius 3 is 1.88 bits per heavy atom. The van der Waals surface area contributed by atoms with E-state index in [2.05, 4.69) is 42.1 Å². The Bertz CT molecular complexity index is 603. The van der Waals surface area contributed by atoms with Crippen molar-refractivity contribution in [2.24, 2.45) is 0 Å². The molecule has 2 aromatic rings. The molecule has 24 heavy (non-hydrogen) atoms. The third kappa shape index (κ3) is 7.65. The Balaban J connectivity index is -0.000000328. The summed E-state index contributed by atoms with van der Waals surface area (Å²) in [7, 11) is 0. The number of halogens is 3. The second-order valence-electron chi connectivity index (χ2n) is 4.21. The number of hydrogen-bond acceptors (Lipinski definition) is 4. The second-order valence-corrected chi connectivity index (χ2v) is 5.71. The summed E-state index contributed by atoms with van der Waals surface area (Å²) >= 11 is 6.59. The molecule has 0 spiro atoms. The van der Waals surface area contributed by atoms with Crippen LogP contribution in [0.25, 0.3) is 0 Å². The molecule has 0 radical (unpaired) electrons. The van der Waals surface area contributed by atoms with Gasteiger partial charge in [-0.25, -0.2) is 0 Å². The SMILES string of the molecule is CCn1ncc(C(C)O)c1Br.CCn1ncc(C=O)c1Br.[Br-].[CH3-].[Mg+2]. The molecular weight excluding hydrogens is 520 g/mol. The van der Waals surface area contributed by atoms with E-state index in [1.165, 1.54) is 0 Å². The predicted molar refractivity (Wildman–Crippen MR) is 99.4 cm³/mol. The maximum Gasteiger partial charge on any atom is 2.00 e. The van der Waals surface area contributed by atoms with Crippen molar-refractivity contribution in [1.82, 2.24) is 19.6 Å². The van der Waals surface area contributed by atoms with Gasteiger partial charge >= 0.3 is 23.1 Å². The summed E-state index contributed by atoms with van der Waals surface area (Å²) in [5.74, 6) is 0. The minimum absolute atomic E-state index is 0. The quantitative estimate of drug-likeness (QED) is 0.343. The number of nitrogens with zero attached hydrogens (tertiary/aromatic N) is 4. The van der Waals surface area contributed by atoms with Gasteiger partial charge < -0.3 is 29.5 Å². The Morgan fingerprint density at radius 2 is 1.62 bits per heavy atom. The fourth-order valence-electron chi connectivity index (χ4n) is 1.57. The zero-order valence-electron chi connectivity index (χ0n) is 14.2. The van der Waals surface area contributed by atoms with E-state index in [0.717, 1.165) is 34.1 Å². The van der Waals surface area contributed by atoms with E-state index < -0.39 is 6.10 Å². The fraction of sp³-hybridized carbons (Fsp3) is 0.429. The van der Waals surface area contributed by atoms with E-state index >= 15 is 0 Å². The number of aromatic nitrogens is 4. The Hall–Kier alpha value is 0.256. The molecule has 0 fully saturated rings. The first kappa shape index (κ1) is 29.0. The number of carbonyl (C=O) groups is 1. The Kier molecular flexibility index (Phi) is 17.5. The molecule has 0 aromatic carbocycles. The molecule has 6 nitrogen and oxygen atoms in total. The van der Waals surface area contributed by atoms with Crippen LogP contribution in [-0.2, 0) is 13.1 Å². The molecule has 2 heterocycles. The van der Waals surface area contributed by atoms with Crippen LogP contribution in [0.1, 0.15) is 42.8 Å². The van der Waals surface area contributed by atoms with Gasteiger partial charge in [-0.1, -0.05) is 0 Å². The molecule has 10 heteroatoms. The molecule has 1 atom stereocenters. The number of aldehydes is 1. The second kappa shape index (κ2) is 14.4. The number of aryl methyl sites for hydroxylation is 2. The van der Waals surface area contributed by atoms with Crippen molar-refractivity contribution in [2.45, 2.75) is 40.0 Å². The van der Waals surface area contributed by atoms with Gasteiger partial charge in [-0.2, -0.15) is 10.2 Å². The normalized spacial score (nSPS) is 10.2. The smallest absolute Gasteiger partial charge is 1.00 e. The van der Waals surface area contributed by atoms with Crippen LogP contribution >= 0.6 is 31.9 Å². The molecule has 0 aliphatic heterocycles. The van der Waals surface area contributed by atoms with Crippen LogP contribution in [0.4, 0.5) is 0 Å². The summed E-state index contributed by atoms with van der Waals surface area (Å²) in [5.41, 5.74) is 1.44. The Labute approximate surface area is 186 Å². The van der Waals surface area contributed by atoms with E-state index in [1.807, 2.05) is 13.8 Å². The van der Waals surface area contributed by atoms with Crippen LogP contribution in [0.3, 0.4) is 0 Å².